The molecule has 0 spiro atoms. The predicted octanol–water partition coefficient (Wildman–Crippen LogP) is 2.35. The molecule has 1 aromatic rings. The molecule has 2 saturated heterocycles. The first-order chi connectivity index (χ1) is 13.0. The minimum Gasteiger partial charge on any atom is -0.495 e. The predicted molar refractivity (Wildman–Crippen MR) is 106 cm³/mol. The Morgan fingerprint density at radius 3 is 2.89 bits per heavy atom. The molecule has 2 N–H and O–H groups in total. The molecule has 1 unspecified atom stereocenters. The van der Waals surface area contributed by atoms with Gasteiger partial charge in [-0.3, -0.25) is 9.59 Å². The van der Waals surface area contributed by atoms with Gasteiger partial charge in [-0.15, -0.1) is 5.10 Å². The normalized spacial score (nSPS) is 21.3. The van der Waals surface area contributed by atoms with E-state index in [4.69, 9.17) is 21.4 Å². The molecule has 0 bridgehead atoms. The van der Waals surface area contributed by atoms with Gasteiger partial charge in [-0.05, 0) is 25.0 Å². The topological polar surface area (TPSA) is 104 Å². The van der Waals surface area contributed by atoms with Crippen LogP contribution in [0.3, 0.4) is 0 Å². The van der Waals surface area contributed by atoms with E-state index in [9.17, 15) is 9.59 Å². The number of carboxylic acid groups (broad SMARTS) is 1. The zero-order valence-electron chi connectivity index (χ0n) is 14.6. The summed E-state index contributed by atoms with van der Waals surface area (Å²) in [5, 5.41) is 19.3. The first kappa shape index (κ1) is 19.5. The Morgan fingerprint density at radius 2 is 2.22 bits per heavy atom. The van der Waals surface area contributed by atoms with E-state index < -0.39 is 11.2 Å². The third kappa shape index (κ3) is 4.72. The van der Waals surface area contributed by atoms with Gasteiger partial charge in [-0.1, -0.05) is 23.4 Å². The summed E-state index contributed by atoms with van der Waals surface area (Å²) in [5.41, 5.74) is 1.59. The van der Waals surface area contributed by atoms with Gasteiger partial charge in [0.25, 0.3) is 0 Å². The van der Waals surface area contributed by atoms with Crippen LogP contribution in [0.5, 0.6) is 5.75 Å². The van der Waals surface area contributed by atoms with E-state index in [1.54, 1.807) is 13.2 Å². The highest BCUT2D eigenvalue weighted by Gasteiger charge is 2.32. The monoisotopic (exact) mass is 410 g/mol. The van der Waals surface area contributed by atoms with Crippen molar-refractivity contribution in [2.75, 3.05) is 25.1 Å². The zero-order valence-corrected chi connectivity index (χ0v) is 16.2. The number of benzene rings is 1. The van der Waals surface area contributed by atoms with Crippen molar-refractivity contribution in [3.05, 3.63) is 22.7 Å². The summed E-state index contributed by atoms with van der Waals surface area (Å²) in [6.07, 6.45) is 3.50. The van der Waals surface area contributed by atoms with Gasteiger partial charge in [0.1, 0.15) is 11.0 Å². The lowest BCUT2D eigenvalue weighted by Crippen LogP contribution is -2.26. The second-order valence-corrected chi connectivity index (χ2v) is 7.68. The summed E-state index contributed by atoms with van der Waals surface area (Å²) in [6, 6.07) is 3.66. The number of aliphatic carboxylic acids is 1. The van der Waals surface area contributed by atoms with E-state index in [-0.39, 0.29) is 17.5 Å². The number of amides is 1. The SMILES string of the molecule is COc1cc(C=NN=C2NC(=O)C(CC(=O)O)S2)c(Cl)cc1N1CCCC1. The second-order valence-electron chi connectivity index (χ2n) is 6.08. The molecule has 2 heterocycles. The third-order valence-electron chi connectivity index (χ3n) is 4.23. The fourth-order valence-corrected chi connectivity index (χ4v) is 4.04. The number of hydrogen-bond donors (Lipinski definition) is 2. The Morgan fingerprint density at radius 1 is 1.48 bits per heavy atom. The molecule has 0 radical (unpaired) electrons. The minimum atomic E-state index is -1.04. The summed E-state index contributed by atoms with van der Waals surface area (Å²) in [5.74, 6) is -0.712. The van der Waals surface area contributed by atoms with Crippen molar-refractivity contribution in [1.29, 1.82) is 0 Å². The van der Waals surface area contributed by atoms with E-state index in [1.165, 1.54) is 6.21 Å². The molecule has 2 aliphatic heterocycles. The summed E-state index contributed by atoms with van der Waals surface area (Å²) in [6.45, 7) is 1.95. The van der Waals surface area contributed by atoms with Crippen molar-refractivity contribution in [1.82, 2.24) is 5.32 Å². The smallest absolute Gasteiger partial charge is 0.305 e. The number of ether oxygens (including phenoxy) is 1. The Bertz CT molecular complexity index is 808. The Hall–Kier alpha value is -2.26. The van der Waals surface area contributed by atoms with E-state index in [1.807, 2.05) is 6.07 Å². The molecule has 1 amide bonds. The number of halogens is 1. The number of rotatable bonds is 6. The highest BCUT2D eigenvalue weighted by molar-refractivity contribution is 8.15. The van der Waals surface area contributed by atoms with Crippen LogP contribution in [-0.4, -0.2) is 53.8 Å². The molecular weight excluding hydrogens is 392 g/mol. The quantitative estimate of drug-likeness (QED) is 0.551. The molecule has 144 valence electrons. The van der Waals surface area contributed by atoms with Crippen LogP contribution >= 0.6 is 23.4 Å². The maximum Gasteiger partial charge on any atom is 0.305 e. The second kappa shape index (κ2) is 8.62. The van der Waals surface area contributed by atoms with Crippen LogP contribution in [0, 0.1) is 0 Å². The molecule has 0 aliphatic carbocycles. The van der Waals surface area contributed by atoms with E-state index in [0.29, 0.717) is 16.3 Å². The highest BCUT2D eigenvalue weighted by Crippen LogP contribution is 2.35. The average molecular weight is 411 g/mol. The molecule has 8 nitrogen and oxygen atoms in total. The third-order valence-corrected chi connectivity index (χ3v) is 5.63. The van der Waals surface area contributed by atoms with Crippen molar-refractivity contribution in [3.63, 3.8) is 0 Å². The van der Waals surface area contributed by atoms with Gasteiger partial charge < -0.3 is 20.1 Å². The number of carbonyl (C=O) groups excluding carboxylic acids is 1. The van der Waals surface area contributed by atoms with Crippen LogP contribution in [0.1, 0.15) is 24.8 Å². The van der Waals surface area contributed by atoms with Gasteiger partial charge >= 0.3 is 5.97 Å². The molecule has 1 atom stereocenters. The van der Waals surface area contributed by atoms with E-state index in [2.05, 4.69) is 20.4 Å². The number of carbonyl (C=O) groups is 2. The van der Waals surface area contributed by atoms with Crippen molar-refractivity contribution in [2.45, 2.75) is 24.5 Å². The van der Waals surface area contributed by atoms with Gasteiger partial charge in [-0.25, -0.2) is 0 Å². The van der Waals surface area contributed by atoms with Crippen LogP contribution in [0.4, 0.5) is 5.69 Å². The lowest BCUT2D eigenvalue weighted by Gasteiger charge is -2.21. The largest absolute Gasteiger partial charge is 0.495 e. The number of methoxy groups -OCH3 is 1. The molecule has 27 heavy (non-hydrogen) atoms. The van der Waals surface area contributed by atoms with Gasteiger partial charge in [0.05, 0.1) is 30.5 Å². The van der Waals surface area contributed by atoms with Crippen LogP contribution in [-0.2, 0) is 9.59 Å². The van der Waals surface area contributed by atoms with Crippen molar-refractivity contribution < 1.29 is 19.4 Å². The van der Waals surface area contributed by atoms with Crippen LogP contribution in [0.25, 0.3) is 0 Å². The number of carboxylic acids is 1. The highest BCUT2D eigenvalue weighted by atomic mass is 35.5. The fraction of sp³-hybridized carbons (Fsp3) is 0.412. The summed E-state index contributed by atoms with van der Waals surface area (Å²) in [4.78, 5) is 24.7. The lowest BCUT2D eigenvalue weighted by molar-refractivity contribution is -0.138. The Labute approximate surface area is 165 Å². The molecule has 1 aromatic carbocycles. The minimum absolute atomic E-state index is 0.263. The molecule has 2 fully saturated rings. The molecular formula is C17H19ClN4O4S. The number of anilines is 1. The van der Waals surface area contributed by atoms with Crippen molar-refractivity contribution in [2.24, 2.45) is 10.2 Å². The number of nitrogens with one attached hydrogen (secondary N) is 1. The molecule has 10 heteroatoms. The van der Waals surface area contributed by atoms with E-state index >= 15 is 0 Å². The van der Waals surface area contributed by atoms with Crippen molar-refractivity contribution >= 4 is 52.3 Å². The molecule has 0 aromatic heterocycles. The van der Waals surface area contributed by atoms with E-state index in [0.717, 1.165) is 43.4 Å². The average Bonchev–Trinajstić information content (AvgIpc) is 3.26. The summed E-state index contributed by atoms with van der Waals surface area (Å²) >= 11 is 7.42. The van der Waals surface area contributed by atoms with Crippen molar-refractivity contribution in [3.8, 4) is 5.75 Å². The number of nitrogens with zero attached hydrogens (tertiary/aromatic N) is 3. The number of amidine groups is 1. The van der Waals surface area contributed by atoms with Crippen LogP contribution in [0.15, 0.2) is 22.3 Å². The summed E-state index contributed by atoms with van der Waals surface area (Å²) in [7, 11) is 1.61. The lowest BCUT2D eigenvalue weighted by atomic mass is 10.2. The first-order valence-electron chi connectivity index (χ1n) is 8.40. The fourth-order valence-electron chi connectivity index (χ4n) is 2.91. The van der Waals surface area contributed by atoms with Gasteiger partial charge in [0, 0.05) is 18.7 Å². The summed E-state index contributed by atoms with van der Waals surface area (Å²) < 4.78 is 5.48. The molecule has 3 rings (SSSR count). The maximum atomic E-state index is 11.7. The molecule has 0 saturated carbocycles. The van der Waals surface area contributed by atoms with Crippen LogP contribution < -0.4 is 15.0 Å². The number of hydrogen-bond acceptors (Lipinski definition) is 7. The number of thioether (sulfide) groups is 1. The van der Waals surface area contributed by atoms with Gasteiger partial charge in [-0.2, -0.15) is 5.10 Å². The molecule has 2 aliphatic rings. The maximum absolute atomic E-state index is 11.7. The zero-order chi connectivity index (χ0) is 19.4. The van der Waals surface area contributed by atoms with Crippen LogP contribution in [0.2, 0.25) is 5.02 Å². The van der Waals surface area contributed by atoms with Gasteiger partial charge in [0.15, 0.2) is 5.17 Å². The Kier molecular flexibility index (Phi) is 6.22. The Balaban J connectivity index is 1.73. The first-order valence-corrected chi connectivity index (χ1v) is 9.66. The van der Waals surface area contributed by atoms with Gasteiger partial charge in [0.2, 0.25) is 5.91 Å². The standard InChI is InChI=1S/C17H19ClN4O4S/c1-26-13-6-10(11(18)7-12(13)22-4-2-3-5-22)9-19-21-17-20-16(25)14(27-17)8-15(23)24/h6-7,9,14H,2-5,8H2,1H3,(H,23,24)(H,20,21,25).